The average molecular weight is 279 g/mol. The van der Waals surface area contributed by atoms with E-state index in [1.165, 1.54) is 0 Å². The van der Waals surface area contributed by atoms with Gasteiger partial charge < -0.3 is 15.0 Å². The molecule has 0 bridgehead atoms. The summed E-state index contributed by atoms with van der Waals surface area (Å²) < 4.78 is 5.10. The Hall–Kier alpha value is -1.62. The monoisotopic (exact) mass is 279 g/mol. The van der Waals surface area contributed by atoms with E-state index in [2.05, 4.69) is 10.3 Å². The second-order valence-electron chi connectivity index (χ2n) is 4.84. The molecule has 5 nitrogen and oxygen atoms in total. The Morgan fingerprint density at radius 1 is 1.45 bits per heavy atom. The van der Waals surface area contributed by atoms with Crippen molar-refractivity contribution in [1.82, 2.24) is 9.88 Å². The number of methoxy groups -OCH3 is 1. The molecule has 0 aliphatic rings. The highest BCUT2D eigenvalue weighted by molar-refractivity contribution is 5.95. The highest BCUT2D eigenvalue weighted by atomic mass is 16.5. The number of aryl methyl sites for hydroxylation is 1. The van der Waals surface area contributed by atoms with Crippen molar-refractivity contribution in [2.45, 2.75) is 33.2 Å². The standard InChI is InChI=1S/C15H25N3O2/c1-6-13-8-12(9-14(17-13)16-7-2)15(19)18(4)11(3)10-20-5/h8-9,11H,6-7,10H2,1-5H3,(H,16,17). The van der Waals surface area contributed by atoms with E-state index < -0.39 is 0 Å². The number of aromatic nitrogens is 1. The first-order chi connectivity index (χ1) is 9.53. The summed E-state index contributed by atoms with van der Waals surface area (Å²) in [6.07, 6.45) is 0.802. The molecule has 1 aromatic rings. The number of pyridine rings is 1. The van der Waals surface area contributed by atoms with Gasteiger partial charge in [-0.15, -0.1) is 0 Å². The number of nitrogens with one attached hydrogen (secondary N) is 1. The van der Waals surface area contributed by atoms with Crippen molar-refractivity contribution in [2.75, 3.05) is 32.6 Å². The zero-order valence-electron chi connectivity index (χ0n) is 13.1. The van der Waals surface area contributed by atoms with Gasteiger partial charge in [-0.25, -0.2) is 4.98 Å². The van der Waals surface area contributed by atoms with Gasteiger partial charge in [-0.05, 0) is 32.4 Å². The van der Waals surface area contributed by atoms with Crippen LogP contribution < -0.4 is 5.32 Å². The van der Waals surface area contributed by atoms with Crippen molar-refractivity contribution in [3.8, 4) is 0 Å². The number of anilines is 1. The molecule has 0 aromatic carbocycles. The van der Waals surface area contributed by atoms with Gasteiger partial charge in [0, 0.05) is 32.0 Å². The summed E-state index contributed by atoms with van der Waals surface area (Å²) in [5.74, 6) is 0.744. The summed E-state index contributed by atoms with van der Waals surface area (Å²) in [4.78, 5) is 18.7. The third-order valence-electron chi connectivity index (χ3n) is 3.23. The molecule has 0 saturated heterocycles. The van der Waals surface area contributed by atoms with Gasteiger partial charge >= 0.3 is 0 Å². The molecule has 1 atom stereocenters. The SMILES string of the molecule is CCNc1cc(C(=O)N(C)C(C)COC)cc(CC)n1. The first-order valence-electron chi connectivity index (χ1n) is 7.04. The Balaban J connectivity index is 2.99. The summed E-state index contributed by atoms with van der Waals surface area (Å²) >= 11 is 0. The van der Waals surface area contributed by atoms with Crippen molar-refractivity contribution in [3.63, 3.8) is 0 Å². The van der Waals surface area contributed by atoms with E-state index in [1.807, 2.05) is 26.8 Å². The van der Waals surface area contributed by atoms with E-state index in [0.29, 0.717) is 12.2 Å². The van der Waals surface area contributed by atoms with Crippen molar-refractivity contribution in [2.24, 2.45) is 0 Å². The number of amides is 1. The summed E-state index contributed by atoms with van der Waals surface area (Å²) in [5, 5.41) is 3.16. The van der Waals surface area contributed by atoms with Gasteiger partial charge in [-0.1, -0.05) is 6.92 Å². The molecule has 0 spiro atoms. The fourth-order valence-electron chi connectivity index (χ4n) is 1.92. The number of hydrogen-bond donors (Lipinski definition) is 1. The van der Waals surface area contributed by atoms with Crippen LogP contribution in [0.15, 0.2) is 12.1 Å². The first-order valence-corrected chi connectivity index (χ1v) is 7.04. The summed E-state index contributed by atoms with van der Waals surface area (Å²) in [7, 11) is 3.44. The Bertz CT molecular complexity index is 449. The number of carbonyl (C=O) groups excluding carboxylic acids is 1. The average Bonchev–Trinajstić information content (AvgIpc) is 2.45. The maximum atomic E-state index is 12.5. The molecule has 1 aromatic heterocycles. The maximum absolute atomic E-state index is 12.5. The Labute approximate surface area is 121 Å². The minimum absolute atomic E-state index is 0.00852. The van der Waals surface area contributed by atoms with Gasteiger partial charge in [-0.2, -0.15) is 0 Å². The maximum Gasteiger partial charge on any atom is 0.254 e. The molecular weight excluding hydrogens is 254 g/mol. The highest BCUT2D eigenvalue weighted by Crippen LogP contribution is 2.14. The number of ether oxygens (including phenoxy) is 1. The van der Waals surface area contributed by atoms with Crippen LogP contribution in [0.5, 0.6) is 0 Å². The lowest BCUT2D eigenvalue weighted by Crippen LogP contribution is -2.37. The fourth-order valence-corrected chi connectivity index (χ4v) is 1.92. The van der Waals surface area contributed by atoms with Gasteiger partial charge in [0.2, 0.25) is 0 Å². The molecule has 0 saturated carbocycles. The lowest BCUT2D eigenvalue weighted by molar-refractivity contribution is 0.0633. The first kappa shape index (κ1) is 16.4. The van der Waals surface area contributed by atoms with Gasteiger partial charge in [0.15, 0.2) is 0 Å². The van der Waals surface area contributed by atoms with Crippen molar-refractivity contribution >= 4 is 11.7 Å². The zero-order valence-corrected chi connectivity index (χ0v) is 13.1. The molecule has 112 valence electrons. The minimum Gasteiger partial charge on any atom is -0.383 e. The number of rotatable bonds is 7. The topological polar surface area (TPSA) is 54.5 Å². The largest absolute Gasteiger partial charge is 0.383 e. The lowest BCUT2D eigenvalue weighted by Gasteiger charge is -2.24. The molecular formula is C15H25N3O2. The smallest absolute Gasteiger partial charge is 0.254 e. The molecule has 1 N–H and O–H groups in total. The van der Waals surface area contributed by atoms with Crippen LogP contribution in [0, 0.1) is 0 Å². The number of hydrogen-bond acceptors (Lipinski definition) is 4. The summed E-state index contributed by atoms with van der Waals surface area (Å²) in [6.45, 7) is 7.31. The molecule has 0 aliphatic heterocycles. The van der Waals surface area contributed by atoms with Crippen LogP contribution in [0.25, 0.3) is 0 Å². The van der Waals surface area contributed by atoms with Crippen LogP contribution in [0.3, 0.4) is 0 Å². The van der Waals surface area contributed by atoms with Gasteiger partial charge in [0.25, 0.3) is 5.91 Å². The predicted molar refractivity (Wildman–Crippen MR) is 81.2 cm³/mol. The predicted octanol–water partition coefficient (Wildman–Crippen LogP) is 2.18. The normalized spacial score (nSPS) is 12.1. The van der Waals surface area contributed by atoms with Crippen molar-refractivity contribution in [3.05, 3.63) is 23.4 Å². The van der Waals surface area contributed by atoms with E-state index >= 15 is 0 Å². The number of likely N-dealkylation sites (N-methyl/N-ethyl adjacent to an activating group) is 1. The third-order valence-corrected chi connectivity index (χ3v) is 3.23. The molecule has 1 unspecified atom stereocenters. The molecule has 0 radical (unpaired) electrons. The molecule has 1 amide bonds. The van der Waals surface area contributed by atoms with Crippen molar-refractivity contribution < 1.29 is 9.53 Å². The fraction of sp³-hybridized carbons (Fsp3) is 0.600. The molecule has 20 heavy (non-hydrogen) atoms. The quantitative estimate of drug-likeness (QED) is 0.831. The Kier molecular flexibility index (Phi) is 6.45. The molecule has 0 fully saturated rings. The van der Waals surface area contributed by atoms with Gasteiger partial charge in [-0.3, -0.25) is 4.79 Å². The number of carbonyl (C=O) groups is 1. The molecule has 1 rings (SSSR count). The third kappa shape index (κ3) is 4.20. The zero-order chi connectivity index (χ0) is 15.1. The van der Waals surface area contributed by atoms with E-state index in [9.17, 15) is 4.79 Å². The second-order valence-corrected chi connectivity index (χ2v) is 4.84. The van der Waals surface area contributed by atoms with Gasteiger partial charge in [0.1, 0.15) is 5.82 Å². The van der Waals surface area contributed by atoms with E-state index in [4.69, 9.17) is 4.74 Å². The Morgan fingerprint density at radius 3 is 2.70 bits per heavy atom. The van der Waals surface area contributed by atoms with Crippen LogP contribution in [0.4, 0.5) is 5.82 Å². The summed E-state index contributed by atoms with van der Waals surface area (Å²) in [6, 6.07) is 3.70. The lowest BCUT2D eigenvalue weighted by atomic mass is 10.1. The van der Waals surface area contributed by atoms with Crippen LogP contribution in [0.1, 0.15) is 36.8 Å². The van der Waals surface area contributed by atoms with Crippen LogP contribution >= 0.6 is 0 Å². The molecule has 0 aliphatic carbocycles. The van der Waals surface area contributed by atoms with E-state index in [-0.39, 0.29) is 11.9 Å². The number of nitrogens with zero attached hydrogens (tertiary/aromatic N) is 2. The second kappa shape index (κ2) is 7.85. The van der Waals surface area contributed by atoms with Crippen molar-refractivity contribution in [1.29, 1.82) is 0 Å². The molecule has 5 heteroatoms. The Morgan fingerprint density at radius 2 is 2.15 bits per heavy atom. The molecule has 1 heterocycles. The summed E-state index contributed by atoms with van der Waals surface area (Å²) in [5.41, 5.74) is 1.58. The van der Waals surface area contributed by atoms with Gasteiger partial charge in [0.05, 0.1) is 12.6 Å². The minimum atomic E-state index is -0.00852. The van der Waals surface area contributed by atoms with Crippen LogP contribution in [0.2, 0.25) is 0 Å². The van der Waals surface area contributed by atoms with Crippen LogP contribution in [-0.2, 0) is 11.2 Å². The highest BCUT2D eigenvalue weighted by Gasteiger charge is 2.18. The van der Waals surface area contributed by atoms with Crippen LogP contribution in [-0.4, -0.2) is 49.1 Å². The van der Waals surface area contributed by atoms with E-state index in [1.54, 1.807) is 25.1 Å². The van der Waals surface area contributed by atoms with E-state index in [0.717, 1.165) is 24.5 Å².